The van der Waals surface area contributed by atoms with Crippen LogP contribution in [0.2, 0.25) is 14.8 Å². The Balaban J connectivity index is 2.47. The van der Waals surface area contributed by atoms with E-state index in [0.717, 1.165) is 12.8 Å². The maximum atomic E-state index is 13.3. The summed E-state index contributed by atoms with van der Waals surface area (Å²) in [5.74, 6) is -0.198. The molecule has 0 saturated heterocycles. The van der Waals surface area contributed by atoms with E-state index in [-0.39, 0.29) is 31.4 Å². The second-order valence-electron chi connectivity index (χ2n) is 13.4. The molecule has 0 fully saturated rings. The summed E-state index contributed by atoms with van der Waals surface area (Å²) in [7, 11) is -1.79. The molecule has 1 aromatic rings. The molecule has 0 aliphatic rings. The van der Waals surface area contributed by atoms with Gasteiger partial charge >= 0.3 is 220 Å². The van der Waals surface area contributed by atoms with Gasteiger partial charge in [-0.2, -0.15) is 0 Å². The van der Waals surface area contributed by atoms with Crippen molar-refractivity contribution in [2.24, 2.45) is 0 Å². The molecule has 0 spiro atoms. The molecule has 0 unspecified atom stereocenters. The van der Waals surface area contributed by atoms with Crippen LogP contribution in [0.1, 0.15) is 129 Å². The van der Waals surface area contributed by atoms with Gasteiger partial charge in [0.1, 0.15) is 0 Å². The van der Waals surface area contributed by atoms with Gasteiger partial charge in [0, 0.05) is 0 Å². The van der Waals surface area contributed by atoms with Crippen LogP contribution in [0.4, 0.5) is 0 Å². The van der Waals surface area contributed by atoms with Gasteiger partial charge in [0.05, 0.1) is 0 Å². The van der Waals surface area contributed by atoms with Gasteiger partial charge in [-0.15, -0.1) is 0 Å². The number of nitrogens with zero attached hydrogens (tertiary/aromatic N) is 2. The average molecular weight is 730 g/mol. The third kappa shape index (κ3) is 17.0. The van der Waals surface area contributed by atoms with Crippen molar-refractivity contribution >= 4 is 37.7 Å². The van der Waals surface area contributed by atoms with Crippen molar-refractivity contribution in [2.75, 3.05) is 32.5 Å². The van der Waals surface area contributed by atoms with Gasteiger partial charge in [-0.3, -0.25) is 0 Å². The van der Waals surface area contributed by atoms with Crippen molar-refractivity contribution in [2.45, 2.75) is 149 Å². The number of hydrogen-bond donors (Lipinski definition) is 1. The predicted octanol–water partition coefficient (Wildman–Crippen LogP) is 7.89. The second kappa shape index (κ2) is 22.8. The molecular weight excluding hydrogens is 663 g/mol. The summed E-state index contributed by atoms with van der Waals surface area (Å²) in [4.78, 5) is 19.7. The van der Waals surface area contributed by atoms with Crippen LogP contribution >= 0.6 is 0 Å². The van der Waals surface area contributed by atoms with Gasteiger partial charge in [-0.1, -0.05) is 51.9 Å². The molecule has 250 valence electrons. The molecule has 0 bridgehead atoms. The molecule has 1 amide bonds. The molecule has 0 aliphatic heterocycles. The summed E-state index contributed by atoms with van der Waals surface area (Å²) >= 11 is -2.56. The fraction of sp³-hybridized carbons (Fsp3) is 0.800. The quantitative estimate of drug-likeness (QED) is 0.0597. The fourth-order valence-electron chi connectivity index (χ4n) is 5.78. The van der Waals surface area contributed by atoms with Crippen molar-refractivity contribution in [3.8, 4) is 0 Å². The molecule has 0 aromatic heterocycles. The zero-order chi connectivity index (χ0) is 32.1. The van der Waals surface area contributed by atoms with Crippen LogP contribution in [0.5, 0.6) is 0 Å². The maximum absolute atomic E-state index is 13.3. The van der Waals surface area contributed by atoms with E-state index in [1.807, 2.05) is 6.07 Å². The minimum absolute atomic E-state index is 0.0694. The predicted molar refractivity (Wildman–Crippen MR) is 186 cm³/mol. The number of amides is 1. The van der Waals surface area contributed by atoms with Crippen molar-refractivity contribution in [1.29, 1.82) is 0 Å². The van der Waals surface area contributed by atoms with Gasteiger partial charge in [0.2, 0.25) is 0 Å². The van der Waals surface area contributed by atoms with Crippen molar-refractivity contribution < 1.29 is 18.3 Å². The summed E-state index contributed by atoms with van der Waals surface area (Å²) in [6, 6.07) is 5.83. The van der Waals surface area contributed by atoms with E-state index in [9.17, 15) is 18.3 Å². The average Bonchev–Trinajstić information content (AvgIpc) is 2.97. The summed E-state index contributed by atoms with van der Waals surface area (Å²) in [6.45, 7) is 4.25. The molecule has 6 nitrogen and oxygen atoms in total. The Hall–Kier alpha value is -0.641. The summed E-state index contributed by atoms with van der Waals surface area (Å²) < 4.78 is 27.9. The van der Waals surface area contributed by atoms with Crippen molar-refractivity contribution in [3.05, 3.63) is 23.8 Å². The number of rotatable bonds is 26. The molecule has 0 radical (unpaired) electrons. The Morgan fingerprint density at radius 3 is 1.70 bits per heavy atom. The Bertz CT molecular complexity index is 994. The van der Waals surface area contributed by atoms with Gasteiger partial charge in [-0.05, 0) is 0 Å². The summed E-state index contributed by atoms with van der Waals surface area (Å²) in [6.07, 6.45) is 23.1. The van der Waals surface area contributed by atoms with E-state index in [1.54, 1.807) is 25.0 Å². The third-order valence-corrected chi connectivity index (χ3v) is 16.2. The molecular formula is C35H66N2O4SSn. The SMILES string of the molecule is CCCCCCCCCCCCCCCCCCc1ccc(S(=O)(=O)CCN(C)N(CCO)C(=O)CC)c[c]1[Sn]([CH3])([CH3])[CH3]. The number of hydrazine groups is 1. The van der Waals surface area contributed by atoms with E-state index in [2.05, 4.69) is 27.8 Å². The Morgan fingerprint density at radius 2 is 1.26 bits per heavy atom. The second-order valence-corrected chi connectivity index (χ2v) is 29.9. The normalized spacial score (nSPS) is 12.3. The number of aryl methyl sites for hydroxylation is 1. The fourth-order valence-corrected chi connectivity index (χ4v) is 12.4. The number of unbranched alkanes of at least 4 members (excludes halogenated alkanes) is 15. The van der Waals surface area contributed by atoms with Gasteiger partial charge in [-0.25, -0.2) is 0 Å². The third-order valence-electron chi connectivity index (χ3n) is 8.55. The number of aliphatic hydroxyl groups excluding tert-OH is 1. The molecule has 0 heterocycles. The van der Waals surface area contributed by atoms with Crippen LogP contribution in [-0.2, 0) is 21.1 Å². The van der Waals surface area contributed by atoms with E-state index in [0.29, 0.717) is 11.3 Å². The van der Waals surface area contributed by atoms with E-state index in [1.165, 1.54) is 110 Å². The molecule has 8 heteroatoms. The zero-order valence-electron chi connectivity index (χ0n) is 28.8. The molecule has 1 rings (SSSR count). The van der Waals surface area contributed by atoms with Crippen molar-refractivity contribution in [1.82, 2.24) is 10.0 Å². The summed E-state index contributed by atoms with van der Waals surface area (Å²) in [5.41, 5.74) is 1.34. The topological polar surface area (TPSA) is 77.9 Å². The number of sulfone groups is 1. The van der Waals surface area contributed by atoms with Crippen LogP contribution in [0.15, 0.2) is 23.1 Å². The molecule has 43 heavy (non-hydrogen) atoms. The first-order valence-corrected chi connectivity index (χ1v) is 29.1. The first-order valence-electron chi connectivity index (χ1n) is 17.5. The van der Waals surface area contributed by atoms with E-state index >= 15 is 0 Å². The van der Waals surface area contributed by atoms with E-state index in [4.69, 9.17) is 0 Å². The first-order chi connectivity index (χ1) is 20.5. The molecule has 0 saturated carbocycles. The molecule has 1 N–H and O–H groups in total. The number of hydrogen-bond acceptors (Lipinski definition) is 5. The number of carbonyl (C=O) groups excluding carboxylic acids is 1. The standard InChI is InChI=1S/C32H57N2O4S.3CH3.Sn/c1-4-6-7-8-9-10-11-12-13-14-15-16-17-18-19-20-21-30-22-24-31(25-23-30)39(37,38)29-27-33(3)34(26-28-35)32(36)5-2;;;;/h22,24-25,35H,4-21,26-29H2,1-3H3;3*1H3;. The first kappa shape index (κ1) is 40.4. The number of carbonyl (C=O) groups is 1. The number of benzene rings is 1. The Labute approximate surface area is 270 Å². The van der Waals surface area contributed by atoms with Crippen LogP contribution in [0.3, 0.4) is 0 Å². The van der Waals surface area contributed by atoms with Crippen LogP contribution in [0.25, 0.3) is 0 Å². The van der Waals surface area contributed by atoms with Gasteiger partial charge < -0.3 is 0 Å². The van der Waals surface area contributed by atoms with Crippen molar-refractivity contribution in [3.63, 3.8) is 0 Å². The molecule has 0 aliphatic carbocycles. The number of aliphatic hydroxyl groups is 1. The monoisotopic (exact) mass is 730 g/mol. The Morgan fingerprint density at radius 1 is 0.767 bits per heavy atom. The van der Waals surface area contributed by atoms with E-state index < -0.39 is 28.2 Å². The van der Waals surface area contributed by atoms with Crippen LogP contribution < -0.4 is 3.58 Å². The van der Waals surface area contributed by atoms with Crippen LogP contribution in [-0.4, -0.2) is 80.3 Å². The van der Waals surface area contributed by atoms with Gasteiger partial charge in [0.15, 0.2) is 0 Å². The molecule has 0 atom stereocenters. The van der Waals surface area contributed by atoms with Crippen LogP contribution in [0, 0.1) is 0 Å². The zero-order valence-corrected chi connectivity index (χ0v) is 32.4. The minimum atomic E-state index is -3.50. The molecule has 1 aromatic carbocycles. The summed E-state index contributed by atoms with van der Waals surface area (Å²) in [5, 5.41) is 12.4. The Kier molecular flexibility index (Phi) is 21.4. The van der Waals surface area contributed by atoms with Gasteiger partial charge in [0.25, 0.3) is 0 Å².